The van der Waals surface area contributed by atoms with E-state index >= 15 is 0 Å². The molecule has 1 aliphatic heterocycles. The number of carboxylic acids is 1. The quantitative estimate of drug-likeness (QED) is 0.730. The van der Waals surface area contributed by atoms with E-state index in [1.807, 2.05) is 0 Å². The summed E-state index contributed by atoms with van der Waals surface area (Å²) in [5.74, 6) is -0.407. The van der Waals surface area contributed by atoms with Gasteiger partial charge in [0.2, 0.25) is 0 Å². The molecule has 1 unspecified atom stereocenters. The fourth-order valence-corrected chi connectivity index (χ4v) is 2.92. The van der Waals surface area contributed by atoms with Crippen molar-refractivity contribution in [1.82, 2.24) is 10.6 Å². The van der Waals surface area contributed by atoms with Crippen molar-refractivity contribution in [2.45, 2.75) is 57.1 Å². The number of carbonyl (C=O) groups excluding carboxylic acids is 1. The van der Waals surface area contributed by atoms with Crippen molar-refractivity contribution in [2.24, 2.45) is 5.92 Å². The molecule has 1 atom stereocenters. The molecule has 1 saturated carbocycles. The maximum absolute atomic E-state index is 11.9. The van der Waals surface area contributed by atoms with Gasteiger partial charge in [0, 0.05) is 13.2 Å². The molecule has 2 aliphatic rings. The number of aliphatic carboxylic acids is 1. The highest BCUT2D eigenvalue weighted by Crippen LogP contribution is 2.32. The predicted molar refractivity (Wildman–Crippen MR) is 73.5 cm³/mol. The summed E-state index contributed by atoms with van der Waals surface area (Å²) in [5, 5.41) is 14.8. The van der Waals surface area contributed by atoms with Gasteiger partial charge in [0.05, 0.1) is 6.10 Å². The van der Waals surface area contributed by atoms with Gasteiger partial charge in [-0.1, -0.05) is 6.92 Å². The molecule has 6 nitrogen and oxygen atoms in total. The number of hydrogen-bond acceptors (Lipinski definition) is 3. The van der Waals surface area contributed by atoms with Crippen LogP contribution in [0.25, 0.3) is 0 Å². The molecular weight excluding hydrogens is 260 g/mol. The molecule has 2 amide bonds. The molecule has 0 bridgehead atoms. The van der Waals surface area contributed by atoms with Gasteiger partial charge in [-0.25, -0.2) is 9.59 Å². The molecular formula is C14H24N2O4. The second-order valence-electron chi connectivity index (χ2n) is 6.04. The van der Waals surface area contributed by atoms with Gasteiger partial charge in [-0.15, -0.1) is 0 Å². The molecule has 114 valence electrons. The van der Waals surface area contributed by atoms with E-state index in [2.05, 4.69) is 17.6 Å². The van der Waals surface area contributed by atoms with Crippen LogP contribution < -0.4 is 10.6 Å². The van der Waals surface area contributed by atoms with Crippen LogP contribution in [-0.4, -0.2) is 41.9 Å². The highest BCUT2D eigenvalue weighted by molar-refractivity contribution is 5.86. The summed E-state index contributed by atoms with van der Waals surface area (Å²) in [4.78, 5) is 23.4. The lowest BCUT2D eigenvalue weighted by Crippen LogP contribution is -2.59. The van der Waals surface area contributed by atoms with Gasteiger partial charge in [-0.3, -0.25) is 0 Å². The zero-order chi connectivity index (χ0) is 14.6. The summed E-state index contributed by atoms with van der Waals surface area (Å²) in [6.45, 7) is 3.30. The molecule has 1 heterocycles. The Labute approximate surface area is 119 Å². The third-order valence-electron chi connectivity index (χ3n) is 4.40. The minimum absolute atomic E-state index is 0.0629. The van der Waals surface area contributed by atoms with Crippen LogP contribution in [0.2, 0.25) is 0 Å². The first-order chi connectivity index (χ1) is 9.52. The van der Waals surface area contributed by atoms with Crippen LogP contribution in [0.4, 0.5) is 4.79 Å². The van der Waals surface area contributed by atoms with Crippen molar-refractivity contribution in [2.75, 3.05) is 13.2 Å². The number of rotatable bonds is 4. The van der Waals surface area contributed by atoms with Crippen LogP contribution in [0.1, 0.15) is 45.4 Å². The summed E-state index contributed by atoms with van der Waals surface area (Å²) in [6.07, 6.45) is 4.69. The molecule has 3 N–H and O–H groups in total. The van der Waals surface area contributed by atoms with Gasteiger partial charge in [0.1, 0.15) is 5.54 Å². The molecule has 1 aliphatic carbocycles. The predicted octanol–water partition coefficient (Wildman–Crippen LogP) is 1.50. The van der Waals surface area contributed by atoms with Crippen molar-refractivity contribution in [3.05, 3.63) is 0 Å². The van der Waals surface area contributed by atoms with E-state index < -0.39 is 17.5 Å². The Morgan fingerprint density at radius 2 is 2.00 bits per heavy atom. The molecule has 2 rings (SSSR count). The first-order valence-corrected chi connectivity index (χ1v) is 7.43. The molecule has 6 heteroatoms. The summed E-state index contributed by atoms with van der Waals surface area (Å²) in [5.41, 5.74) is -1.10. The minimum Gasteiger partial charge on any atom is -0.480 e. The lowest BCUT2D eigenvalue weighted by molar-refractivity contribution is -0.146. The van der Waals surface area contributed by atoms with Crippen molar-refractivity contribution in [3.8, 4) is 0 Å². The standard InChI is InChI=1S/C14H24N2O4/c1-10-4-6-14(7-5-10,12(17)18)16-13(19)15-9-11-3-2-8-20-11/h10-11H,2-9H2,1H3,(H,17,18)(H2,15,16,19). The number of ether oxygens (including phenoxy) is 1. The summed E-state index contributed by atoms with van der Waals surface area (Å²) in [7, 11) is 0. The van der Waals surface area contributed by atoms with Gasteiger partial charge in [-0.05, 0) is 44.4 Å². The number of urea groups is 1. The molecule has 1 saturated heterocycles. The monoisotopic (exact) mass is 284 g/mol. The normalized spacial score (nSPS) is 33.6. The fraction of sp³-hybridized carbons (Fsp3) is 0.857. The number of hydrogen-bond donors (Lipinski definition) is 3. The second kappa shape index (κ2) is 6.43. The van der Waals surface area contributed by atoms with E-state index in [0.717, 1.165) is 32.3 Å². The molecule has 2 fully saturated rings. The zero-order valence-electron chi connectivity index (χ0n) is 12.0. The Hall–Kier alpha value is -1.30. The molecule has 0 radical (unpaired) electrons. The van der Waals surface area contributed by atoms with Crippen LogP contribution in [-0.2, 0) is 9.53 Å². The van der Waals surface area contributed by atoms with Crippen LogP contribution >= 0.6 is 0 Å². The topological polar surface area (TPSA) is 87.7 Å². The number of carbonyl (C=O) groups is 2. The maximum Gasteiger partial charge on any atom is 0.329 e. The highest BCUT2D eigenvalue weighted by atomic mass is 16.5. The van der Waals surface area contributed by atoms with Crippen molar-refractivity contribution < 1.29 is 19.4 Å². The molecule has 0 aromatic rings. The molecule has 0 aromatic heterocycles. The Morgan fingerprint density at radius 3 is 2.55 bits per heavy atom. The summed E-state index contributed by atoms with van der Waals surface area (Å²) in [6, 6.07) is -0.405. The highest BCUT2D eigenvalue weighted by Gasteiger charge is 2.42. The minimum atomic E-state index is -1.10. The summed E-state index contributed by atoms with van der Waals surface area (Å²) < 4.78 is 5.42. The fourth-order valence-electron chi connectivity index (χ4n) is 2.92. The van der Waals surface area contributed by atoms with Crippen molar-refractivity contribution in [1.29, 1.82) is 0 Å². The first kappa shape index (κ1) is 15.1. The van der Waals surface area contributed by atoms with Gasteiger partial charge >= 0.3 is 12.0 Å². The van der Waals surface area contributed by atoms with E-state index in [0.29, 0.717) is 25.3 Å². The van der Waals surface area contributed by atoms with E-state index in [9.17, 15) is 14.7 Å². The van der Waals surface area contributed by atoms with Crippen LogP contribution in [0.5, 0.6) is 0 Å². The van der Waals surface area contributed by atoms with Crippen LogP contribution in [0.3, 0.4) is 0 Å². The number of carboxylic acid groups (broad SMARTS) is 1. The van der Waals surface area contributed by atoms with Gasteiger partial charge in [0.15, 0.2) is 0 Å². The van der Waals surface area contributed by atoms with Gasteiger partial charge in [-0.2, -0.15) is 0 Å². The smallest absolute Gasteiger partial charge is 0.329 e. The van der Waals surface area contributed by atoms with Gasteiger partial charge < -0.3 is 20.5 Å². The largest absolute Gasteiger partial charge is 0.480 e. The van der Waals surface area contributed by atoms with E-state index in [4.69, 9.17) is 4.74 Å². The van der Waals surface area contributed by atoms with Gasteiger partial charge in [0.25, 0.3) is 0 Å². The number of amides is 2. The molecule has 0 spiro atoms. The zero-order valence-corrected chi connectivity index (χ0v) is 12.0. The van der Waals surface area contributed by atoms with Crippen molar-refractivity contribution >= 4 is 12.0 Å². The SMILES string of the molecule is CC1CCC(NC(=O)NCC2CCCO2)(C(=O)O)CC1. The first-order valence-electron chi connectivity index (χ1n) is 7.43. The number of nitrogens with one attached hydrogen (secondary N) is 2. The van der Waals surface area contributed by atoms with E-state index in [-0.39, 0.29) is 6.10 Å². The Kier molecular flexibility index (Phi) is 4.86. The van der Waals surface area contributed by atoms with E-state index in [1.165, 1.54) is 0 Å². The summed E-state index contributed by atoms with van der Waals surface area (Å²) >= 11 is 0. The van der Waals surface area contributed by atoms with Crippen LogP contribution in [0, 0.1) is 5.92 Å². The van der Waals surface area contributed by atoms with Crippen LogP contribution in [0.15, 0.2) is 0 Å². The third-order valence-corrected chi connectivity index (χ3v) is 4.40. The Morgan fingerprint density at radius 1 is 1.30 bits per heavy atom. The third kappa shape index (κ3) is 3.62. The Balaban J connectivity index is 1.84. The van der Waals surface area contributed by atoms with E-state index in [1.54, 1.807) is 0 Å². The maximum atomic E-state index is 11.9. The lowest BCUT2D eigenvalue weighted by atomic mass is 9.77. The van der Waals surface area contributed by atoms with Crippen molar-refractivity contribution in [3.63, 3.8) is 0 Å². The average molecular weight is 284 g/mol. The average Bonchev–Trinajstić information content (AvgIpc) is 2.92. The second-order valence-corrected chi connectivity index (χ2v) is 6.04. The Bertz CT molecular complexity index is 358. The molecule has 20 heavy (non-hydrogen) atoms. The lowest BCUT2D eigenvalue weighted by Gasteiger charge is -2.36. The molecule has 0 aromatic carbocycles.